The van der Waals surface area contributed by atoms with Crippen molar-refractivity contribution in [3.05, 3.63) is 93.7 Å². The van der Waals surface area contributed by atoms with Crippen molar-refractivity contribution < 1.29 is 17.6 Å². The van der Waals surface area contributed by atoms with Crippen LogP contribution >= 0.6 is 0 Å². The Hall–Kier alpha value is -3.72. The molecule has 1 aliphatic heterocycles. The first kappa shape index (κ1) is 21.1. The van der Waals surface area contributed by atoms with Crippen LogP contribution < -0.4 is 5.56 Å². The predicted octanol–water partition coefficient (Wildman–Crippen LogP) is 4.67. The van der Waals surface area contributed by atoms with Gasteiger partial charge < -0.3 is 9.40 Å². The van der Waals surface area contributed by atoms with E-state index in [-0.39, 0.29) is 16.8 Å². The number of benzene rings is 1. The zero-order valence-electron chi connectivity index (χ0n) is 17.4. The van der Waals surface area contributed by atoms with Gasteiger partial charge in [0.2, 0.25) is 0 Å². The quantitative estimate of drug-likeness (QED) is 0.487. The Morgan fingerprint density at radius 1 is 1.09 bits per heavy atom. The van der Waals surface area contributed by atoms with Gasteiger partial charge in [-0.1, -0.05) is 24.3 Å². The van der Waals surface area contributed by atoms with Gasteiger partial charge in [-0.25, -0.2) is 4.98 Å². The molecule has 0 aliphatic carbocycles. The molecule has 6 nitrogen and oxygen atoms in total. The third kappa shape index (κ3) is 4.31. The number of hydrogen-bond acceptors (Lipinski definition) is 5. The van der Waals surface area contributed by atoms with Gasteiger partial charge in [0.15, 0.2) is 11.6 Å². The third-order valence-electron chi connectivity index (χ3n) is 5.64. The van der Waals surface area contributed by atoms with E-state index in [9.17, 15) is 18.0 Å². The van der Waals surface area contributed by atoms with Crippen molar-refractivity contribution in [2.75, 3.05) is 6.54 Å². The van der Waals surface area contributed by atoms with Crippen LogP contribution in [0.3, 0.4) is 0 Å². The summed E-state index contributed by atoms with van der Waals surface area (Å²) in [7, 11) is 0. The van der Waals surface area contributed by atoms with Gasteiger partial charge in [-0.05, 0) is 29.8 Å². The molecule has 4 heterocycles. The van der Waals surface area contributed by atoms with E-state index in [1.165, 1.54) is 18.4 Å². The number of halogens is 3. The highest BCUT2D eigenvalue weighted by Gasteiger charge is 2.33. The van der Waals surface area contributed by atoms with Crippen molar-refractivity contribution >= 4 is 0 Å². The topological polar surface area (TPSA) is 75.0 Å². The molecule has 0 atom stereocenters. The van der Waals surface area contributed by atoms with Crippen LogP contribution in [0.15, 0.2) is 70.2 Å². The molecule has 0 fully saturated rings. The van der Waals surface area contributed by atoms with Gasteiger partial charge in [-0.3, -0.25) is 14.7 Å². The summed E-state index contributed by atoms with van der Waals surface area (Å²) in [5.74, 6) is 0.923. The fourth-order valence-electron chi connectivity index (χ4n) is 4.04. The maximum Gasteiger partial charge on any atom is 0.417 e. The number of nitrogens with one attached hydrogen (secondary N) is 1. The van der Waals surface area contributed by atoms with Gasteiger partial charge in [0, 0.05) is 37.8 Å². The van der Waals surface area contributed by atoms with E-state index in [0.29, 0.717) is 43.2 Å². The van der Waals surface area contributed by atoms with Gasteiger partial charge in [0.25, 0.3) is 5.56 Å². The molecular formula is C24H19F3N4O2. The number of pyridine rings is 1. The molecule has 9 heteroatoms. The van der Waals surface area contributed by atoms with Crippen LogP contribution in [0.2, 0.25) is 0 Å². The normalized spacial score (nSPS) is 14.3. The Bertz CT molecular complexity index is 1330. The molecule has 0 bridgehead atoms. The molecular weight excluding hydrogens is 433 g/mol. The van der Waals surface area contributed by atoms with Crippen molar-refractivity contribution in [1.29, 1.82) is 0 Å². The van der Waals surface area contributed by atoms with Gasteiger partial charge in [-0.15, -0.1) is 0 Å². The Kier molecular flexibility index (Phi) is 5.33. The van der Waals surface area contributed by atoms with E-state index in [2.05, 4.69) is 19.9 Å². The first-order valence-corrected chi connectivity index (χ1v) is 10.4. The fourth-order valence-corrected chi connectivity index (χ4v) is 4.04. The van der Waals surface area contributed by atoms with Crippen LogP contribution in [0, 0.1) is 0 Å². The molecule has 1 N–H and O–H groups in total. The van der Waals surface area contributed by atoms with Gasteiger partial charge in [-0.2, -0.15) is 13.2 Å². The summed E-state index contributed by atoms with van der Waals surface area (Å²) >= 11 is 0. The van der Waals surface area contributed by atoms with E-state index >= 15 is 0 Å². The molecule has 1 aromatic carbocycles. The molecule has 0 amide bonds. The number of rotatable bonds is 4. The summed E-state index contributed by atoms with van der Waals surface area (Å²) in [6.07, 6.45) is -0.731. The molecule has 0 spiro atoms. The summed E-state index contributed by atoms with van der Waals surface area (Å²) in [5.41, 5.74) is 1.61. The highest BCUT2D eigenvalue weighted by atomic mass is 19.4. The minimum Gasteiger partial charge on any atom is -0.461 e. The van der Waals surface area contributed by atoms with Gasteiger partial charge >= 0.3 is 6.18 Å². The fraction of sp³-hybridized carbons (Fsp3) is 0.208. The average Bonchev–Trinajstić information content (AvgIpc) is 3.34. The molecule has 0 radical (unpaired) electrons. The lowest BCUT2D eigenvalue weighted by atomic mass is 10.0. The maximum atomic E-state index is 13.3. The number of furan rings is 1. The van der Waals surface area contributed by atoms with E-state index in [1.54, 1.807) is 36.5 Å². The number of aromatic nitrogens is 3. The van der Waals surface area contributed by atoms with Crippen LogP contribution in [0.1, 0.15) is 22.4 Å². The second-order valence-electron chi connectivity index (χ2n) is 7.87. The Morgan fingerprint density at radius 3 is 2.67 bits per heavy atom. The Labute approximate surface area is 186 Å². The van der Waals surface area contributed by atoms with Crippen LogP contribution in [-0.4, -0.2) is 26.4 Å². The van der Waals surface area contributed by atoms with Crippen LogP contribution in [0.4, 0.5) is 13.2 Å². The maximum absolute atomic E-state index is 13.3. The lowest BCUT2D eigenvalue weighted by Crippen LogP contribution is -2.35. The van der Waals surface area contributed by atoms with Crippen molar-refractivity contribution in [2.45, 2.75) is 25.7 Å². The standard InChI is InChI=1S/C24H19F3N4O2/c25-24(26,27)18-5-2-1-4-16(18)19-8-7-15(12-28-19)13-31-10-9-20-17(14-31)23(32)30-22(29-20)21-6-3-11-33-21/h1-8,11-12H,9-10,13-14H2,(H,29,30,32). The summed E-state index contributed by atoms with van der Waals surface area (Å²) in [6.45, 7) is 1.64. The van der Waals surface area contributed by atoms with Crippen molar-refractivity contribution in [3.8, 4) is 22.8 Å². The molecule has 0 saturated heterocycles. The Balaban J connectivity index is 1.33. The summed E-state index contributed by atoms with van der Waals surface area (Å²) in [6, 6.07) is 12.2. The number of H-pyrrole nitrogens is 1. The lowest BCUT2D eigenvalue weighted by Gasteiger charge is -2.27. The smallest absolute Gasteiger partial charge is 0.417 e. The van der Waals surface area contributed by atoms with Crippen molar-refractivity contribution in [3.63, 3.8) is 0 Å². The lowest BCUT2D eigenvalue weighted by molar-refractivity contribution is -0.137. The molecule has 0 unspecified atom stereocenters. The van der Waals surface area contributed by atoms with E-state index in [4.69, 9.17) is 4.42 Å². The zero-order chi connectivity index (χ0) is 23.0. The van der Waals surface area contributed by atoms with Crippen LogP contribution in [0.5, 0.6) is 0 Å². The highest BCUT2D eigenvalue weighted by molar-refractivity contribution is 5.64. The minimum atomic E-state index is -4.45. The molecule has 5 rings (SSSR count). The second kappa shape index (κ2) is 8.32. The first-order valence-electron chi connectivity index (χ1n) is 10.4. The third-order valence-corrected chi connectivity index (χ3v) is 5.64. The zero-order valence-corrected chi connectivity index (χ0v) is 17.4. The first-order chi connectivity index (χ1) is 15.9. The van der Waals surface area contributed by atoms with Crippen molar-refractivity contribution in [2.24, 2.45) is 0 Å². The van der Waals surface area contributed by atoms with Crippen LogP contribution in [-0.2, 0) is 25.7 Å². The molecule has 33 heavy (non-hydrogen) atoms. The predicted molar refractivity (Wildman–Crippen MR) is 115 cm³/mol. The molecule has 0 saturated carbocycles. The number of aromatic amines is 1. The largest absolute Gasteiger partial charge is 0.461 e. The number of fused-ring (bicyclic) bond motifs is 1. The monoisotopic (exact) mass is 452 g/mol. The molecule has 1 aliphatic rings. The summed E-state index contributed by atoms with van der Waals surface area (Å²) in [4.78, 5) is 26.3. The van der Waals surface area contributed by atoms with Gasteiger partial charge in [0.1, 0.15) is 0 Å². The molecule has 4 aromatic rings. The minimum absolute atomic E-state index is 0.0495. The molecule has 168 valence electrons. The van der Waals surface area contributed by atoms with E-state index in [0.717, 1.165) is 17.3 Å². The van der Waals surface area contributed by atoms with E-state index in [1.807, 2.05) is 0 Å². The summed E-state index contributed by atoms with van der Waals surface area (Å²) < 4.78 is 45.2. The van der Waals surface area contributed by atoms with E-state index < -0.39 is 11.7 Å². The average molecular weight is 452 g/mol. The number of hydrogen-bond donors (Lipinski definition) is 1. The highest BCUT2D eigenvalue weighted by Crippen LogP contribution is 2.36. The van der Waals surface area contributed by atoms with Crippen molar-refractivity contribution in [1.82, 2.24) is 19.9 Å². The van der Waals surface area contributed by atoms with Gasteiger partial charge in [0.05, 0.1) is 28.8 Å². The molecule has 3 aromatic heterocycles. The number of nitrogens with zero attached hydrogens (tertiary/aromatic N) is 3. The Morgan fingerprint density at radius 2 is 1.94 bits per heavy atom. The summed E-state index contributed by atoms with van der Waals surface area (Å²) in [5, 5.41) is 0. The SMILES string of the molecule is O=c1[nH]c(-c2ccco2)nc2c1CN(Cc1ccc(-c3ccccc3C(F)(F)F)nc1)CC2. The second-order valence-corrected chi connectivity index (χ2v) is 7.87. The van der Waals surface area contributed by atoms with Crippen LogP contribution in [0.25, 0.3) is 22.8 Å². The number of alkyl halides is 3.